The number of carboxylic acid groups (broad SMARTS) is 1. The second-order valence-corrected chi connectivity index (χ2v) is 5.75. The van der Waals surface area contributed by atoms with Gasteiger partial charge in [0.2, 0.25) is 0 Å². The minimum absolute atomic E-state index is 0.00837. The molecule has 7 heteroatoms. The van der Waals surface area contributed by atoms with E-state index in [1.165, 1.54) is 37.5 Å². The van der Waals surface area contributed by atoms with Gasteiger partial charge in [0.25, 0.3) is 0 Å². The van der Waals surface area contributed by atoms with E-state index in [2.05, 4.69) is 5.32 Å². The first-order valence-electron chi connectivity index (χ1n) is 8.18. The maximum atomic E-state index is 11.7. The van der Waals surface area contributed by atoms with E-state index >= 15 is 0 Å². The van der Waals surface area contributed by atoms with Gasteiger partial charge in [0, 0.05) is 6.42 Å². The summed E-state index contributed by atoms with van der Waals surface area (Å²) >= 11 is 0. The van der Waals surface area contributed by atoms with Gasteiger partial charge in [-0.2, -0.15) is 0 Å². The average molecular weight is 337 g/mol. The highest BCUT2D eigenvalue weighted by atomic mass is 16.5. The molecule has 0 aliphatic heterocycles. The highest BCUT2D eigenvalue weighted by Gasteiger charge is 2.17. The number of carbonyl (C=O) groups is 2. The third kappa shape index (κ3) is 5.42. The lowest BCUT2D eigenvalue weighted by Crippen LogP contribution is -2.19. The lowest BCUT2D eigenvalue weighted by molar-refractivity contribution is 0.0204. The van der Waals surface area contributed by atoms with Crippen molar-refractivity contribution in [2.24, 2.45) is 0 Å². The van der Waals surface area contributed by atoms with Gasteiger partial charge in [-0.3, -0.25) is 5.32 Å². The molecule has 0 bridgehead atoms. The number of phenols is 1. The van der Waals surface area contributed by atoms with Gasteiger partial charge in [0.1, 0.15) is 11.3 Å². The molecule has 24 heavy (non-hydrogen) atoms. The highest BCUT2D eigenvalue weighted by molar-refractivity contribution is 6.01. The SMILES string of the molecule is O=C(Nc1cccc(O)c1C(=O)O)OCCCOC1CCCCC1. The van der Waals surface area contributed by atoms with Crippen molar-refractivity contribution in [3.05, 3.63) is 23.8 Å². The number of aromatic hydroxyl groups is 1. The zero-order valence-corrected chi connectivity index (χ0v) is 13.5. The van der Waals surface area contributed by atoms with Crippen molar-refractivity contribution >= 4 is 17.7 Å². The van der Waals surface area contributed by atoms with E-state index < -0.39 is 17.8 Å². The van der Waals surface area contributed by atoms with Gasteiger partial charge in [0.05, 0.1) is 25.0 Å². The summed E-state index contributed by atoms with van der Waals surface area (Å²) in [7, 11) is 0. The smallest absolute Gasteiger partial charge is 0.411 e. The zero-order chi connectivity index (χ0) is 17.4. The van der Waals surface area contributed by atoms with E-state index in [1.54, 1.807) is 0 Å². The van der Waals surface area contributed by atoms with Crippen LogP contribution in [0.25, 0.3) is 0 Å². The number of hydrogen-bond acceptors (Lipinski definition) is 5. The fourth-order valence-corrected chi connectivity index (χ4v) is 2.72. The molecule has 0 unspecified atom stereocenters. The topological polar surface area (TPSA) is 105 Å². The summed E-state index contributed by atoms with van der Waals surface area (Å²) in [4.78, 5) is 22.8. The molecule has 0 spiro atoms. The Hall–Kier alpha value is -2.28. The van der Waals surface area contributed by atoms with Crippen LogP contribution in [0.3, 0.4) is 0 Å². The number of amides is 1. The molecule has 1 aliphatic carbocycles. The molecule has 7 nitrogen and oxygen atoms in total. The molecular weight excluding hydrogens is 314 g/mol. The number of benzene rings is 1. The zero-order valence-electron chi connectivity index (χ0n) is 13.5. The number of ether oxygens (including phenoxy) is 2. The van der Waals surface area contributed by atoms with E-state index in [4.69, 9.17) is 14.6 Å². The van der Waals surface area contributed by atoms with Crippen LogP contribution in [-0.4, -0.2) is 41.6 Å². The van der Waals surface area contributed by atoms with Gasteiger partial charge in [-0.25, -0.2) is 9.59 Å². The van der Waals surface area contributed by atoms with Crippen LogP contribution in [-0.2, 0) is 9.47 Å². The summed E-state index contributed by atoms with van der Waals surface area (Å²) < 4.78 is 10.7. The third-order valence-electron chi connectivity index (χ3n) is 3.92. The molecule has 1 amide bonds. The van der Waals surface area contributed by atoms with E-state index in [9.17, 15) is 14.7 Å². The van der Waals surface area contributed by atoms with Crippen LogP contribution < -0.4 is 5.32 Å². The second kappa shape index (κ2) is 9.12. The molecule has 0 saturated heterocycles. The molecule has 1 fully saturated rings. The Morgan fingerprint density at radius 1 is 1.17 bits per heavy atom. The molecular formula is C17H23NO6. The second-order valence-electron chi connectivity index (χ2n) is 5.75. The minimum atomic E-state index is -1.33. The van der Waals surface area contributed by atoms with Gasteiger partial charge in [0.15, 0.2) is 0 Å². The Labute approximate surface area is 140 Å². The molecule has 1 aliphatic rings. The van der Waals surface area contributed by atoms with Crippen LogP contribution >= 0.6 is 0 Å². The first-order valence-corrected chi connectivity index (χ1v) is 8.18. The number of nitrogens with one attached hydrogen (secondary N) is 1. The quantitative estimate of drug-likeness (QED) is 0.659. The summed E-state index contributed by atoms with van der Waals surface area (Å²) in [5, 5.41) is 20.9. The van der Waals surface area contributed by atoms with E-state index in [-0.39, 0.29) is 17.9 Å². The van der Waals surface area contributed by atoms with Crippen LogP contribution in [0.1, 0.15) is 48.9 Å². The van der Waals surface area contributed by atoms with E-state index in [0.717, 1.165) is 12.8 Å². The lowest BCUT2D eigenvalue weighted by atomic mass is 9.98. The van der Waals surface area contributed by atoms with Crippen molar-refractivity contribution in [1.29, 1.82) is 0 Å². The maximum absolute atomic E-state index is 11.7. The highest BCUT2D eigenvalue weighted by Crippen LogP contribution is 2.25. The molecule has 1 aromatic rings. The van der Waals surface area contributed by atoms with Gasteiger partial charge in [-0.05, 0) is 25.0 Å². The van der Waals surface area contributed by atoms with Crippen molar-refractivity contribution in [2.75, 3.05) is 18.5 Å². The number of anilines is 1. The number of carboxylic acids is 1. The number of hydrogen-bond donors (Lipinski definition) is 3. The Bertz CT molecular complexity index is 568. The molecule has 1 aromatic carbocycles. The Morgan fingerprint density at radius 2 is 1.92 bits per heavy atom. The van der Waals surface area contributed by atoms with Gasteiger partial charge < -0.3 is 19.7 Å². The average Bonchev–Trinajstić information content (AvgIpc) is 2.55. The molecule has 2 rings (SSSR count). The molecule has 0 heterocycles. The van der Waals surface area contributed by atoms with Crippen LogP contribution in [0.15, 0.2) is 18.2 Å². The molecule has 0 atom stereocenters. The fraction of sp³-hybridized carbons (Fsp3) is 0.529. The lowest BCUT2D eigenvalue weighted by Gasteiger charge is -2.21. The van der Waals surface area contributed by atoms with Gasteiger partial charge in [-0.15, -0.1) is 0 Å². The van der Waals surface area contributed by atoms with E-state index in [1.807, 2.05) is 0 Å². The summed E-state index contributed by atoms with van der Waals surface area (Å²) in [5.74, 6) is -1.74. The third-order valence-corrected chi connectivity index (χ3v) is 3.92. The Kier molecular flexibility index (Phi) is 6.87. The van der Waals surface area contributed by atoms with Crippen LogP contribution in [0.5, 0.6) is 5.75 Å². The predicted molar refractivity (Wildman–Crippen MR) is 87.5 cm³/mol. The molecule has 3 N–H and O–H groups in total. The molecule has 0 radical (unpaired) electrons. The summed E-state index contributed by atoms with van der Waals surface area (Å²) in [6, 6.07) is 4.06. The molecule has 1 saturated carbocycles. The van der Waals surface area contributed by atoms with Crippen molar-refractivity contribution in [3.8, 4) is 5.75 Å². The number of aromatic carboxylic acids is 1. The first kappa shape index (κ1) is 18.1. The van der Waals surface area contributed by atoms with Crippen LogP contribution in [0.2, 0.25) is 0 Å². The number of rotatable bonds is 7. The largest absolute Gasteiger partial charge is 0.507 e. The minimum Gasteiger partial charge on any atom is -0.507 e. The summed E-state index contributed by atoms with van der Waals surface area (Å²) in [5.41, 5.74) is -0.374. The Morgan fingerprint density at radius 3 is 2.62 bits per heavy atom. The molecule has 0 aromatic heterocycles. The predicted octanol–water partition coefficient (Wildman–Crippen LogP) is 3.38. The van der Waals surface area contributed by atoms with Crippen molar-refractivity contribution < 1.29 is 29.3 Å². The normalized spacial score (nSPS) is 15.0. The summed E-state index contributed by atoms with van der Waals surface area (Å²) in [6.45, 7) is 0.713. The summed E-state index contributed by atoms with van der Waals surface area (Å²) in [6.07, 6.45) is 6.01. The maximum Gasteiger partial charge on any atom is 0.411 e. The van der Waals surface area contributed by atoms with E-state index in [0.29, 0.717) is 19.1 Å². The Balaban J connectivity index is 1.70. The van der Waals surface area contributed by atoms with Gasteiger partial charge in [-0.1, -0.05) is 25.3 Å². The van der Waals surface area contributed by atoms with Crippen LogP contribution in [0, 0.1) is 0 Å². The van der Waals surface area contributed by atoms with Gasteiger partial charge >= 0.3 is 12.1 Å². The standard InChI is InChI=1S/C17H23NO6/c19-14-9-4-8-13(15(14)16(20)21)18-17(22)24-11-5-10-23-12-6-2-1-3-7-12/h4,8-9,12,19H,1-3,5-7,10-11H2,(H,18,22)(H,20,21). The van der Waals surface area contributed by atoms with Crippen molar-refractivity contribution in [3.63, 3.8) is 0 Å². The molecule has 132 valence electrons. The monoisotopic (exact) mass is 337 g/mol. The van der Waals surface area contributed by atoms with Crippen molar-refractivity contribution in [1.82, 2.24) is 0 Å². The van der Waals surface area contributed by atoms with Crippen molar-refractivity contribution in [2.45, 2.75) is 44.6 Å². The first-order chi connectivity index (χ1) is 11.6. The number of carbonyl (C=O) groups excluding carboxylic acids is 1. The fourth-order valence-electron chi connectivity index (χ4n) is 2.72. The van der Waals surface area contributed by atoms with Crippen LogP contribution in [0.4, 0.5) is 10.5 Å².